The van der Waals surface area contributed by atoms with Crippen LogP contribution in [0.25, 0.3) is 0 Å². The second kappa shape index (κ2) is 10.6. The molecule has 5 unspecified atom stereocenters. The number of thiazole rings is 1. The molecule has 1 amide bonds. The zero-order valence-corrected chi connectivity index (χ0v) is 22.9. The molecule has 2 aliphatic carbocycles. The van der Waals surface area contributed by atoms with Crippen LogP contribution in [0.3, 0.4) is 0 Å². The number of anilines is 2. The van der Waals surface area contributed by atoms with E-state index in [2.05, 4.69) is 22.5 Å². The molecular formula is C29H36N4O4S. The van der Waals surface area contributed by atoms with Crippen LogP contribution < -0.4 is 15.4 Å². The van der Waals surface area contributed by atoms with E-state index in [9.17, 15) is 15.0 Å². The van der Waals surface area contributed by atoms with E-state index in [1.165, 1.54) is 0 Å². The van der Waals surface area contributed by atoms with Gasteiger partial charge >= 0.3 is 0 Å². The number of amides is 1. The van der Waals surface area contributed by atoms with Crippen molar-refractivity contribution >= 4 is 28.1 Å². The molecular weight excluding hydrogens is 500 g/mol. The van der Waals surface area contributed by atoms with Crippen molar-refractivity contribution in [2.24, 2.45) is 16.7 Å². The molecule has 202 valence electrons. The lowest BCUT2D eigenvalue weighted by Crippen LogP contribution is -2.57. The van der Waals surface area contributed by atoms with Crippen molar-refractivity contribution in [1.82, 2.24) is 15.3 Å². The van der Waals surface area contributed by atoms with Gasteiger partial charge in [0.15, 0.2) is 5.13 Å². The van der Waals surface area contributed by atoms with Crippen LogP contribution in [-0.4, -0.2) is 45.9 Å². The Balaban J connectivity index is 1.43. The predicted molar refractivity (Wildman–Crippen MR) is 148 cm³/mol. The molecule has 2 aliphatic rings. The van der Waals surface area contributed by atoms with E-state index >= 15 is 0 Å². The number of aromatic nitrogens is 2. The highest BCUT2D eigenvalue weighted by Gasteiger charge is 2.59. The number of benzene rings is 1. The maximum absolute atomic E-state index is 13.3. The Hall–Kier alpha value is -3.01. The summed E-state index contributed by atoms with van der Waals surface area (Å²) in [4.78, 5) is 23.6. The second-order valence-electron chi connectivity index (χ2n) is 11.1. The van der Waals surface area contributed by atoms with E-state index in [4.69, 9.17) is 9.72 Å². The molecule has 1 aromatic carbocycles. The summed E-state index contributed by atoms with van der Waals surface area (Å²) in [5, 5.41) is 28.6. The lowest BCUT2D eigenvalue weighted by Gasteiger charge is -2.58. The summed E-state index contributed by atoms with van der Waals surface area (Å²) in [6.45, 7) is 4.54. The van der Waals surface area contributed by atoms with Crippen molar-refractivity contribution in [3.05, 3.63) is 64.9 Å². The summed E-state index contributed by atoms with van der Waals surface area (Å²) in [6.07, 6.45) is 5.27. The Morgan fingerprint density at radius 2 is 2.03 bits per heavy atom. The van der Waals surface area contributed by atoms with Crippen molar-refractivity contribution in [1.29, 1.82) is 0 Å². The predicted octanol–water partition coefficient (Wildman–Crippen LogP) is 4.41. The van der Waals surface area contributed by atoms with Gasteiger partial charge in [0.05, 0.1) is 37.4 Å². The van der Waals surface area contributed by atoms with Crippen molar-refractivity contribution in [2.45, 2.75) is 58.1 Å². The van der Waals surface area contributed by atoms with E-state index in [0.717, 1.165) is 45.5 Å². The molecule has 0 aliphatic heterocycles. The molecule has 9 heteroatoms. The van der Waals surface area contributed by atoms with Gasteiger partial charge in [-0.1, -0.05) is 26.0 Å². The van der Waals surface area contributed by atoms with Crippen molar-refractivity contribution in [3.63, 3.8) is 0 Å². The molecule has 5 rings (SSSR count). The lowest BCUT2D eigenvalue weighted by molar-refractivity contribution is -0.144. The summed E-state index contributed by atoms with van der Waals surface area (Å²) in [5.74, 6) is 0.623. The average Bonchev–Trinajstić information content (AvgIpc) is 3.33. The Kier molecular flexibility index (Phi) is 7.44. The quantitative estimate of drug-likeness (QED) is 0.337. The van der Waals surface area contributed by atoms with E-state index in [1.54, 1.807) is 30.8 Å². The minimum Gasteiger partial charge on any atom is -0.497 e. The maximum atomic E-state index is 13.3. The fraction of sp³-hybridized carbons (Fsp3) is 0.483. The third-order valence-electron chi connectivity index (χ3n) is 8.84. The zero-order valence-electron chi connectivity index (χ0n) is 22.1. The molecule has 0 spiro atoms. The smallest absolute Gasteiger partial charge is 0.220 e. The number of fused-ring (bicyclic) bond motifs is 2. The van der Waals surface area contributed by atoms with Gasteiger partial charge in [-0.3, -0.25) is 9.78 Å². The number of pyridine rings is 1. The van der Waals surface area contributed by atoms with E-state index < -0.39 is 11.5 Å². The Labute approximate surface area is 227 Å². The highest BCUT2D eigenvalue weighted by molar-refractivity contribution is 7.15. The number of ether oxygens (including phenoxy) is 1. The third kappa shape index (κ3) is 4.90. The maximum Gasteiger partial charge on any atom is 0.220 e. The average molecular weight is 537 g/mol. The van der Waals surface area contributed by atoms with E-state index in [0.29, 0.717) is 19.4 Å². The number of carbonyl (C=O) groups excluding carboxylic acids is 1. The second-order valence-corrected chi connectivity index (χ2v) is 12.1. The first-order valence-corrected chi connectivity index (χ1v) is 13.9. The van der Waals surface area contributed by atoms with Gasteiger partial charge in [-0.2, -0.15) is 0 Å². The largest absolute Gasteiger partial charge is 0.497 e. The van der Waals surface area contributed by atoms with Gasteiger partial charge in [-0.15, -0.1) is 11.3 Å². The standard InChI is InChI=1S/C29H36N4O4S/c1-28-11-10-24(35)29(2,17-34)23(28)14-22-26(33-27(38-22)32-19-5-4-12-30-16-19)21(28)13-25(36)31-15-18-6-8-20(37-3)9-7-18/h4-9,12,16,21,23-24,34-35H,10-11,13-15,17H2,1-3H3,(H,31,36)(H,32,33). The van der Waals surface area contributed by atoms with Gasteiger partial charge in [0, 0.05) is 35.4 Å². The Bertz CT molecular complexity index is 1270. The molecule has 2 aromatic heterocycles. The van der Waals surface area contributed by atoms with E-state index in [-0.39, 0.29) is 29.8 Å². The Morgan fingerprint density at radius 1 is 1.24 bits per heavy atom. The number of aliphatic hydroxyl groups is 2. The molecule has 5 atom stereocenters. The molecule has 0 radical (unpaired) electrons. The number of hydrogen-bond donors (Lipinski definition) is 4. The first-order chi connectivity index (χ1) is 18.3. The van der Waals surface area contributed by atoms with Crippen LogP contribution in [0.15, 0.2) is 48.8 Å². The highest BCUT2D eigenvalue weighted by atomic mass is 32.1. The van der Waals surface area contributed by atoms with Gasteiger partial charge < -0.3 is 25.6 Å². The fourth-order valence-corrected chi connectivity index (χ4v) is 7.55. The summed E-state index contributed by atoms with van der Waals surface area (Å²) in [5.41, 5.74) is 1.87. The van der Waals surface area contributed by atoms with Crippen molar-refractivity contribution in [2.75, 3.05) is 19.0 Å². The van der Waals surface area contributed by atoms with Gasteiger partial charge in [0.1, 0.15) is 5.75 Å². The van der Waals surface area contributed by atoms with Gasteiger partial charge in [0.2, 0.25) is 5.91 Å². The summed E-state index contributed by atoms with van der Waals surface area (Å²) < 4.78 is 5.23. The Morgan fingerprint density at radius 3 is 2.71 bits per heavy atom. The van der Waals surface area contributed by atoms with E-state index in [1.807, 2.05) is 43.3 Å². The monoisotopic (exact) mass is 536 g/mol. The summed E-state index contributed by atoms with van der Waals surface area (Å²) in [6, 6.07) is 11.5. The topological polar surface area (TPSA) is 117 Å². The summed E-state index contributed by atoms with van der Waals surface area (Å²) >= 11 is 1.58. The van der Waals surface area contributed by atoms with Crippen LogP contribution in [0.2, 0.25) is 0 Å². The molecule has 0 saturated heterocycles. The van der Waals surface area contributed by atoms with Crippen LogP contribution in [-0.2, 0) is 17.8 Å². The normalized spacial score (nSPS) is 28.2. The number of nitrogens with one attached hydrogen (secondary N) is 2. The minimum atomic E-state index is -0.649. The fourth-order valence-electron chi connectivity index (χ4n) is 6.46. The van der Waals surface area contributed by atoms with Crippen LogP contribution in [0.5, 0.6) is 5.75 Å². The number of rotatable bonds is 8. The van der Waals surface area contributed by atoms with Crippen molar-refractivity contribution < 1.29 is 19.7 Å². The van der Waals surface area contributed by atoms with Crippen LogP contribution in [0, 0.1) is 16.7 Å². The first kappa shape index (κ1) is 26.6. The first-order valence-electron chi connectivity index (χ1n) is 13.1. The molecule has 2 heterocycles. The van der Waals surface area contributed by atoms with Crippen LogP contribution in [0.4, 0.5) is 10.8 Å². The molecule has 38 heavy (non-hydrogen) atoms. The number of methoxy groups -OCH3 is 1. The van der Waals surface area contributed by atoms with Gasteiger partial charge in [0.25, 0.3) is 0 Å². The molecule has 1 saturated carbocycles. The molecule has 3 aromatic rings. The van der Waals surface area contributed by atoms with Crippen molar-refractivity contribution in [3.8, 4) is 5.75 Å². The van der Waals surface area contributed by atoms with Crippen LogP contribution >= 0.6 is 11.3 Å². The number of hydrogen-bond acceptors (Lipinski definition) is 8. The molecule has 0 bridgehead atoms. The van der Waals surface area contributed by atoms with Gasteiger partial charge in [-0.25, -0.2) is 4.98 Å². The third-order valence-corrected chi connectivity index (χ3v) is 9.85. The number of carbonyl (C=O) groups is 1. The number of aliphatic hydroxyl groups excluding tert-OH is 2. The summed E-state index contributed by atoms with van der Waals surface area (Å²) in [7, 11) is 1.63. The molecule has 1 fully saturated rings. The minimum absolute atomic E-state index is 0.0160. The SMILES string of the molecule is COc1ccc(CNC(=O)CC2c3nc(Nc4cccnc4)sc3CC3C(C)(CO)C(O)CCC23C)cc1. The number of nitrogens with zero attached hydrogens (tertiary/aromatic N) is 2. The van der Waals surface area contributed by atoms with Crippen LogP contribution in [0.1, 0.15) is 55.2 Å². The molecule has 8 nitrogen and oxygen atoms in total. The zero-order chi connectivity index (χ0) is 26.9. The lowest BCUT2D eigenvalue weighted by atomic mass is 9.47. The molecule has 4 N–H and O–H groups in total. The highest BCUT2D eigenvalue weighted by Crippen LogP contribution is 2.62. The van der Waals surface area contributed by atoms with Gasteiger partial charge in [-0.05, 0) is 60.4 Å².